The summed E-state index contributed by atoms with van der Waals surface area (Å²) in [6.07, 6.45) is -1.69. The number of rotatable bonds is 8. The molecule has 2 aromatic heterocycles. The summed E-state index contributed by atoms with van der Waals surface area (Å²) in [4.78, 5) is 34.9. The number of ether oxygens (including phenoxy) is 2. The molecule has 33 heavy (non-hydrogen) atoms. The van der Waals surface area contributed by atoms with Gasteiger partial charge in [-0.25, -0.2) is 15.1 Å². The monoisotopic (exact) mass is 470 g/mol. The number of nitrogens with one attached hydrogen (secondary N) is 1. The molecule has 3 heterocycles. The molecular weight excluding hydrogens is 445 g/mol. The Balaban J connectivity index is 1.36. The minimum Gasteiger partial charge on any atom is -0.486 e. The number of hydrogen-bond donors (Lipinski definition) is 1. The van der Waals surface area contributed by atoms with Crippen LogP contribution >= 0.6 is 0 Å². The van der Waals surface area contributed by atoms with Crippen molar-refractivity contribution >= 4 is 11.9 Å². The molecule has 0 spiro atoms. The number of alkyl halides is 3. The smallest absolute Gasteiger partial charge is 0.419 e. The third-order valence-electron chi connectivity index (χ3n) is 5.08. The summed E-state index contributed by atoms with van der Waals surface area (Å²) in [5.74, 6) is 0.505. The summed E-state index contributed by atoms with van der Waals surface area (Å²) in [7, 11) is 0. The lowest BCUT2D eigenvalue weighted by molar-refractivity contribution is -0.138. The zero-order chi connectivity index (χ0) is 24.0. The summed E-state index contributed by atoms with van der Waals surface area (Å²) in [6, 6.07) is 0. The number of nitrogens with zero attached hydrogens (tertiary/aromatic N) is 5. The van der Waals surface area contributed by atoms with Crippen molar-refractivity contribution in [2.45, 2.75) is 32.5 Å². The van der Waals surface area contributed by atoms with Crippen LogP contribution in [-0.2, 0) is 15.7 Å². The summed E-state index contributed by atoms with van der Waals surface area (Å²) in [5, 5.41) is 6.02. The standard InChI is InChI=1S/C20H25F3N6O4/c1-13(33-16-11-26-27-18(31)14(16)2)12-32-8-3-17(30)28-4-6-29(7-5-28)19-24-9-15(10-25-19)20(21,22)23/h9-11,13H,3-8,12H2,1-2H3,(H,27,31)/t13-/m0/s1. The lowest BCUT2D eigenvalue weighted by atomic mass is 10.3. The van der Waals surface area contributed by atoms with E-state index in [-0.39, 0.29) is 43.2 Å². The van der Waals surface area contributed by atoms with Gasteiger partial charge >= 0.3 is 6.18 Å². The van der Waals surface area contributed by atoms with E-state index >= 15 is 0 Å². The van der Waals surface area contributed by atoms with Crippen LogP contribution in [-0.4, -0.2) is 76.5 Å². The molecule has 1 N–H and O–H groups in total. The highest BCUT2D eigenvalue weighted by atomic mass is 19.4. The molecule has 1 fully saturated rings. The van der Waals surface area contributed by atoms with E-state index in [1.165, 1.54) is 6.20 Å². The van der Waals surface area contributed by atoms with Crippen molar-refractivity contribution in [1.82, 2.24) is 25.1 Å². The molecule has 13 heteroatoms. The number of H-pyrrole nitrogens is 1. The fraction of sp³-hybridized carbons (Fsp3) is 0.550. The lowest BCUT2D eigenvalue weighted by Gasteiger charge is -2.34. The number of aromatic nitrogens is 4. The third kappa shape index (κ3) is 6.63. The first-order chi connectivity index (χ1) is 15.6. The van der Waals surface area contributed by atoms with E-state index in [1.807, 2.05) is 0 Å². The van der Waals surface area contributed by atoms with Gasteiger partial charge in [-0.1, -0.05) is 0 Å². The topological polar surface area (TPSA) is 114 Å². The molecular formula is C20H25F3N6O4. The quantitative estimate of drug-likeness (QED) is 0.577. The molecule has 180 valence electrons. The van der Waals surface area contributed by atoms with Crippen molar-refractivity contribution in [2.24, 2.45) is 0 Å². The molecule has 3 rings (SSSR count). The molecule has 0 bridgehead atoms. The van der Waals surface area contributed by atoms with Gasteiger partial charge in [0.25, 0.3) is 5.56 Å². The Bertz CT molecular complexity index is 991. The number of anilines is 1. The zero-order valence-corrected chi connectivity index (χ0v) is 18.3. The molecule has 10 nitrogen and oxygen atoms in total. The maximum atomic E-state index is 12.6. The average Bonchev–Trinajstić information content (AvgIpc) is 2.79. The first-order valence-corrected chi connectivity index (χ1v) is 10.4. The first kappa shape index (κ1) is 24.4. The molecule has 1 atom stereocenters. The van der Waals surface area contributed by atoms with E-state index in [2.05, 4.69) is 20.2 Å². The largest absolute Gasteiger partial charge is 0.486 e. The Kier molecular flexibility index (Phi) is 7.84. The van der Waals surface area contributed by atoms with Crippen LogP contribution < -0.4 is 15.2 Å². The molecule has 0 aromatic carbocycles. The van der Waals surface area contributed by atoms with Gasteiger partial charge in [-0.2, -0.15) is 18.3 Å². The van der Waals surface area contributed by atoms with E-state index < -0.39 is 11.7 Å². The molecule has 0 aliphatic carbocycles. The summed E-state index contributed by atoms with van der Waals surface area (Å²) in [5.41, 5.74) is -0.798. The van der Waals surface area contributed by atoms with Crippen molar-refractivity contribution in [1.29, 1.82) is 0 Å². The van der Waals surface area contributed by atoms with Gasteiger partial charge in [-0.3, -0.25) is 9.59 Å². The summed E-state index contributed by atoms with van der Waals surface area (Å²) < 4.78 is 49.1. The maximum Gasteiger partial charge on any atom is 0.419 e. The Hall–Kier alpha value is -3.22. The number of hydrogen-bond acceptors (Lipinski definition) is 8. The molecule has 1 amide bonds. The number of carbonyl (C=O) groups is 1. The highest BCUT2D eigenvalue weighted by molar-refractivity contribution is 5.76. The minimum absolute atomic E-state index is 0.0776. The second kappa shape index (κ2) is 10.6. The Morgan fingerprint density at radius 1 is 1.18 bits per heavy atom. The normalized spacial score (nSPS) is 15.4. The van der Waals surface area contributed by atoms with Crippen molar-refractivity contribution in [3.63, 3.8) is 0 Å². The van der Waals surface area contributed by atoms with E-state index in [1.54, 1.807) is 23.6 Å². The van der Waals surface area contributed by atoms with Gasteiger partial charge in [0.2, 0.25) is 11.9 Å². The lowest BCUT2D eigenvalue weighted by Crippen LogP contribution is -2.49. The fourth-order valence-corrected chi connectivity index (χ4v) is 3.17. The van der Waals surface area contributed by atoms with Crippen LogP contribution in [0.3, 0.4) is 0 Å². The molecule has 2 aromatic rings. The Morgan fingerprint density at radius 3 is 2.48 bits per heavy atom. The number of piperazine rings is 1. The predicted octanol–water partition coefficient (Wildman–Crippen LogP) is 1.41. The number of aromatic amines is 1. The highest BCUT2D eigenvalue weighted by Crippen LogP contribution is 2.28. The van der Waals surface area contributed by atoms with E-state index in [4.69, 9.17) is 9.47 Å². The van der Waals surface area contributed by atoms with Crippen molar-refractivity contribution in [3.8, 4) is 5.75 Å². The SMILES string of the molecule is Cc1c(O[C@@H](C)COCCC(=O)N2CCN(c3ncc(C(F)(F)F)cn3)CC2)cn[nH]c1=O. The molecule has 0 unspecified atom stereocenters. The van der Waals surface area contributed by atoms with Crippen LogP contribution in [0.5, 0.6) is 5.75 Å². The number of carbonyl (C=O) groups excluding carboxylic acids is 1. The van der Waals surface area contributed by atoms with E-state index in [9.17, 15) is 22.8 Å². The van der Waals surface area contributed by atoms with Crippen molar-refractivity contribution in [3.05, 3.63) is 40.1 Å². The Morgan fingerprint density at radius 2 is 1.85 bits per heavy atom. The maximum absolute atomic E-state index is 12.6. The minimum atomic E-state index is -4.48. The van der Waals surface area contributed by atoms with Gasteiger partial charge in [0.05, 0.1) is 37.0 Å². The zero-order valence-electron chi connectivity index (χ0n) is 18.3. The third-order valence-corrected chi connectivity index (χ3v) is 5.08. The second-order valence-electron chi connectivity index (χ2n) is 7.58. The van der Waals surface area contributed by atoms with Crippen molar-refractivity contribution in [2.75, 3.05) is 44.3 Å². The second-order valence-corrected chi connectivity index (χ2v) is 7.58. The summed E-state index contributed by atoms with van der Waals surface area (Å²) in [6.45, 7) is 5.53. The molecule has 1 aliphatic rings. The van der Waals surface area contributed by atoms with Gasteiger partial charge in [0.15, 0.2) is 0 Å². The Labute approximate surface area is 187 Å². The average molecular weight is 470 g/mol. The molecule has 0 saturated carbocycles. The van der Waals surface area contributed by atoms with Gasteiger partial charge in [-0.05, 0) is 13.8 Å². The van der Waals surface area contributed by atoms with Gasteiger partial charge in [0, 0.05) is 38.6 Å². The van der Waals surface area contributed by atoms with Crippen molar-refractivity contribution < 1.29 is 27.4 Å². The highest BCUT2D eigenvalue weighted by Gasteiger charge is 2.32. The van der Waals surface area contributed by atoms with Crippen LogP contribution in [0.15, 0.2) is 23.4 Å². The molecule has 0 radical (unpaired) electrons. The number of halogens is 3. The number of amides is 1. The van der Waals surface area contributed by atoms with Crippen LogP contribution in [0.4, 0.5) is 19.1 Å². The van der Waals surface area contributed by atoms with Gasteiger partial charge < -0.3 is 19.3 Å². The molecule has 1 aliphatic heterocycles. The van der Waals surface area contributed by atoms with Gasteiger partial charge in [-0.15, -0.1) is 0 Å². The summed E-state index contributed by atoms with van der Waals surface area (Å²) >= 11 is 0. The van der Waals surface area contributed by atoms with Gasteiger partial charge in [0.1, 0.15) is 11.9 Å². The van der Waals surface area contributed by atoms with E-state index in [0.717, 1.165) is 12.4 Å². The first-order valence-electron chi connectivity index (χ1n) is 10.4. The van der Waals surface area contributed by atoms with Crippen LogP contribution in [0, 0.1) is 6.92 Å². The predicted molar refractivity (Wildman–Crippen MR) is 111 cm³/mol. The molecule has 1 saturated heterocycles. The fourth-order valence-electron chi connectivity index (χ4n) is 3.17. The van der Waals surface area contributed by atoms with Crippen LogP contribution in [0.1, 0.15) is 24.5 Å². The van der Waals surface area contributed by atoms with E-state index in [0.29, 0.717) is 37.5 Å². The van der Waals surface area contributed by atoms with Crippen LogP contribution in [0.25, 0.3) is 0 Å². The van der Waals surface area contributed by atoms with Crippen LogP contribution in [0.2, 0.25) is 0 Å².